The van der Waals surface area contributed by atoms with Gasteiger partial charge in [0.1, 0.15) is 0 Å². The minimum Gasteiger partial charge on any atom is -0.333 e. The van der Waals surface area contributed by atoms with Crippen LogP contribution < -0.4 is 10.6 Å². The average Bonchev–Trinajstić information content (AvgIpc) is 2.77. The van der Waals surface area contributed by atoms with Gasteiger partial charge in [-0.1, -0.05) is 22.0 Å². The van der Waals surface area contributed by atoms with Gasteiger partial charge in [0.2, 0.25) is 5.91 Å². The van der Waals surface area contributed by atoms with Crippen molar-refractivity contribution in [3.05, 3.63) is 46.5 Å². The summed E-state index contributed by atoms with van der Waals surface area (Å²) in [4.78, 5) is 16.2. The lowest BCUT2D eigenvalue weighted by molar-refractivity contribution is -0.115. The fourth-order valence-corrected chi connectivity index (χ4v) is 2.53. The van der Waals surface area contributed by atoms with Crippen LogP contribution in [0.2, 0.25) is 0 Å². The molecule has 5 nitrogen and oxygen atoms in total. The van der Waals surface area contributed by atoms with Gasteiger partial charge in [-0.25, -0.2) is 4.98 Å². The summed E-state index contributed by atoms with van der Waals surface area (Å²) in [6.45, 7) is 7.17. The van der Waals surface area contributed by atoms with Crippen molar-refractivity contribution in [1.82, 2.24) is 14.9 Å². The Labute approximate surface area is 139 Å². The molecule has 2 aromatic rings. The van der Waals surface area contributed by atoms with Crippen LogP contribution in [0.3, 0.4) is 0 Å². The van der Waals surface area contributed by atoms with E-state index < -0.39 is 0 Å². The summed E-state index contributed by atoms with van der Waals surface area (Å²) in [6, 6.07) is 7.73. The third-order valence-corrected chi connectivity index (χ3v) is 4.03. The molecule has 0 aliphatic heterocycles. The standard InChI is InChI=1S/C16H21BrN4O/c1-11(9-21-10-19-12(2)13(21)3)18-8-16(22)20-15-6-4-5-14(17)7-15/h4-7,10-11,18H,8-9H2,1-3H3,(H,20,22). The molecule has 0 aliphatic carbocycles. The molecule has 2 rings (SSSR count). The van der Waals surface area contributed by atoms with Crippen molar-refractivity contribution in [2.45, 2.75) is 33.4 Å². The summed E-state index contributed by atoms with van der Waals surface area (Å²) in [5.41, 5.74) is 2.99. The van der Waals surface area contributed by atoms with Gasteiger partial charge in [0.15, 0.2) is 0 Å². The van der Waals surface area contributed by atoms with E-state index in [-0.39, 0.29) is 18.5 Å². The van der Waals surface area contributed by atoms with E-state index in [2.05, 4.69) is 50.0 Å². The van der Waals surface area contributed by atoms with Crippen molar-refractivity contribution in [2.24, 2.45) is 0 Å². The van der Waals surface area contributed by atoms with E-state index in [1.807, 2.05) is 37.5 Å². The van der Waals surface area contributed by atoms with Crippen LogP contribution in [0.15, 0.2) is 35.1 Å². The Kier molecular flexibility index (Phi) is 5.74. The number of rotatable bonds is 6. The topological polar surface area (TPSA) is 59.0 Å². The van der Waals surface area contributed by atoms with Crippen LogP contribution >= 0.6 is 15.9 Å². The van der Waals surface area contributed by atoms with Crippen LogP contribution in [-0.2, 0) is 11.3 Å². The molecule has 1 unspecified atom stereocenters. The number of hydrogen-bond acceptors (Lipinski definition) is 3. The smallest absolute Gasteiger partial charge is 0.238 e. The van der Waals surface area contributed by atoms with E-state index >= 15 is 0 Å². The van der Waals surface area contributed by atoms with Gasteiger partial charge in [-0.3, -0.25) is 4.79 Å². The third-order valence-electron chi connectivity index (χ3n) is 3.54. The van der Waals surface area contributed by atoms with Crippen molar-refractivity contribution < 1.29 is 4.79 Å². The average molecular weight is 365 g/mol. The van der Waals surface area contributed by atoms with Crippen LogP contribution in [0.1, 0.15) is 18.3 Å². The van der Waals surface area contributed by atoms with Crippen LogP contribution in [0.25, 0.3) is 0 Å². The highest BCUT2D eigenvalue weighted by molar-refractivity contribution is 9.10. The Morgan fingerprint density at radius 3 is 2.82 bits per heavy atom. The zero-order chi connectivity index (χ0) is 16.1. The molecule has 118 valence electrons. The predicted molar refractivity (Wildman–Crippen MR) is 91.9 cm³/mol. The van der Waals surface area contributed by atoms with E-state index in [4.69, 9.17) is 0 Å². The van der Waals surface area contributed by atoms with Crippen LogP contribution in [0.4, 0.5) is 5.69 Å². The van der Waals surface area contributed by atoms with Crippen molar-refractivity contribution in [2.75, 3.05) is 11.9 Å². The molecule has 6 heteroatoms. The van der Waals surface area contributed by atoms with Crippen molar-refractivity contribution >= 4 is 27.5 Å². The molecular weight excluding hydrogens is 344 g/mol. The number of nitrogens with one attached hydrogen (secondary N) is 2. The second kappa shape index (κ2) is 7.56. The summed E-state index contributed by atoms with van der Waals surface area (Å²) >= 11 is 3.38. The van der Waals surface area contributed by atoms with Gasteiger partial charge in [0.05, 0.1) is 18.6 Å². The molecule has 0 bridgehead atoms. The van der Waals surface area contributed by atoms with Crippen molar-refractivity contribution in [1.29, 1.82) is 0 Å². The third kappa shape index (κ3) is 4.68. The first-order chi connectivity index (χ1) is 10.5. The zero-order valence-electron chi connectivity index (χ0n) is 13.1. The molecule has 0 spiro atoms. The van der Waals surface area contributed by atoms with Crippen molar-refractivity contribution in [3.8, 4) is 0 Å². The summed E-state index contributed by atoms with van der Waals surface area (Å²) in [7, 11) is 0. The molecule has 1 amide bonds. The number of anilines is 1. The summed E-state index contributed by atoms with van der Waals surface area (Å²) in [5.74, 6) is -0.0523. The predicted octanol–water partition coefficient (Wildman–Crippen LogP) is 2.88. The number of benzene rings is 1. The van der Waals surface area contributed by atoms with Gasteiger partial charge in [-0.2, -0.15) is 0 Å². The summed E-state index contributed by atoms with van der Waals surface area (Å²) in [6.07, 6.45) is 1.84. The Hall–Kier alpha value is -1.66. The van der Waals surface area contributed by atoms with Gasteiger partial charge in [0.25, 0.3) is 0 Å². The molecular formula is C16H21BrN4O. The summed E-state index contributed by atoms with van der Waals surface area (Å²) < 4.78 is 3.04. The second-order valence-electron chi connectivity index (χ2n) is 5.41. The SMILES string of the molecule is Cc1ncn(CC(C)NCC(=O)Nc2cccc(Br)c2)c1C. The Morgan fingerprint density at radius 2 is 2.18 bits per heavy atom. The maximum atomic E-state index is 11.9. The lowest BCUT2D eigenvalue weighted by atomic mass is 10.3. The lowest BCUT2D eigenvalue weighted by Gasteiger charge is -2.15. The van der Waals surface area contributed by atoms with Gasteiger partial charge >= 0.3 is 0 Å². The number of aryl methyl sites for hydroxylation is 1. The maximum absolute atomic E-state index is 11.9. The molecule has 1 aromatic carbocycles. The first kappa shape index (κ1) is 16.7. The monoisotopic (exact) mass is 364 g/mol. The number of aromatic nitrogens is 2. The van der Waals surface area contributed by atoms with Gasteiger partial charge in [0, 0.05) is 28.4 Å². The van der Waals surface area contributed by atoms with E-state index in [1.165, 1.54) is 0 Å². The number of carbonyl (C=O) groups excluding carboxylic acids is 1. The molecule has 1 heterocycles. The van der Waals surface area contributed by atoms with Crippen LogP contribution in [0, 0.1) is 13.8 Å². The highest BCUT2D eigenvalue weighted by atomic mass is 79.9. The normalized spacial score (nSPS) is 12.2. The van der Waals surface area contributed by atoms with Gasteiger partial charge in [-0.15, -0.1) is 0 Å². The van der Waals surface area contributed by atoms with Gasteiger partial charge < -0.3 is 15.2 Å². The molecule has 1 atom stereocenters. The molecule has 0 radical (unpaired) electrons. The molecule has 0 fully saturated rings. The molecule has 0 saturated heterocycles. The number of amides is 1. The van der Waals surface area contributed by atoms with E-state index in [1.54, 1.807) is 0 Å². The number of nitrogens with zero attached hydrogens (tertiary/aromatic N) is 2. The second-order valence-corrected chi connectivity index (χ2v) is 6.32. The molecule has 22 heavy (non-hydrogen) atoms. The summed E-state index contributed by atoms with van der Waals surface area (Å²) in [5, 5.41) is 6.10. The van der Waals surface area contributed by atoms with E-state index in [9.17, 15) is 4.79 Å². The highest BCUT2D eigenvalue weighted by Gasteiger charge is 2.09. The largest absolute Gasteiger partial charge is 0.333 e. The number of imidazole rings is 1. The fourth-order valence-electron chi connectivity index (χ4n) is 2.13. The highest BCUT2D eigenvalue weighted by Crippen LogP contribution is 2.15. The lowest BCUT2D eigenvalue weighted by Crippen LogP contribution is -2.36. The first-order valence-electron chi connectivity index (χ1n) is 7.23. The Balaban J connectivity index is 1.79. The first-order valence-corrected chi connectivity index (χ1v) is 8.02. The molecule has 1 aromatic heterocycles. The molecule has 0 saturated carbocycles. The van der Waals surface area contributed by atoms with Crippen LogP contribution in [-0.4, -0.2) is 28.0 Å². The van der Waals surface area contributed by atoms with E-state index in [0.717, 1.165) is 28.1 Å². The minimum absolute atomic E-state index is 0.0523. The van der Waals surface area contributed by atoms with Crippen molar-refractivity contribution in [3.63, 3.8) is 0 Å². The Bertz CT molecular complexity index is 653. The van der Waals surface area contributed by atoms with Gasteiger partial charge in [-0.05, 0) is 39.0 Å². The fraction of sp³-hybridized carbons (Fsp3) is 0.375. The van der Waals surface area contributed by atoms with E-state index in [0.29, 0.717) is 0 Å². The number of halogens is 1. The zero-order valence-corrected chi connectivity index (χ0v) is 14.6. The minimum atomic E-state index is -0.0523. The number of hydrogen-bond donors (Lipinski definition) is 2. The van der Waals surface area contributed by atoms with Crippen LogP contribution in [0.5, 0.6) is 0 Å². The number of carbonyl (C=O) groups is 1. The molecule has 0 aliphatic rings. The molecule has 2 N–H and O–H groups in total. The Morgan fingerprint density at radius 1 is 1.41 bits per heavy atom. The quantitative estimate of drug-likeness (QED) is 0.828. The maximum Gasteiger partial charge on any atom is 0.238 e.